The standard InChI is InChI=1S/C25H38BF3N2O3S/c1-22(2,3)14-31-13-16(20(21(28)29)30-35(32)23(4,5)6)15-11-18(27)17(12-19(15)31)26-33-24(7,8)25(9,10)34-26/h11-13,20-21,30H,14H2,1-10H3/t20-,35?/m0/s1. The number of nitrogens with zero attached hydrogens (tertiary/aromatic N) is 1. The van der Waals surface area contributed by atoms with E-state index in [4.69, 9.17) is 9.31 Å². The van der Waals surface area contributed by atoms with Crippen LogP contribution in [-0.2, 0) is 26.8 Å². The van der Waals surface area contributed by atoms with Crippen LogP contribution in [0.15, 0.2) is 18.3 Å². The minimum Gasteiger partial charge on any atom is -0.399 e. The third-order valence-electron chi connectivity index (χ3n) is 6.56. The van der Waals surface area contributed by atoms with Crippen LogP contribution in [0.5, 0.6) is 0 Å². The molecule has 35 heavy (non-hydrogen) atoms. The molecule has 1 aromatic carbocycles. The van der Waals surface area contributed by atoms with Crippen molar-refractivity contribution in [2.24, 2.45) is 5.41 Å². The maximum Gasteiger partial charge on any atom is 0.497 e. The number of hydrogen-bond acceptors (Lipinski definition) is 3. The molecule has 3 rings (SSSR count). The summed E-state index contributed by atoms with van der Waals surface area (Å²) in [4.78, 5) is 0. The van der Waals surface area contributed by atoms with Crippen LogP contribution in [0.3, 0.4) is 0 Å². The lowest BCUT2D eigenvalue weighted by Crippen LogP contribution is -2.41. The van der Waals surface area contributed by atoms with E-state index in [0.29, 0.717) is 17.4 Å². The molecule has 0 aliphatic carbocycles. The number of benzene rings is 1. The molecule has 2 atom stereocenters. The van der Waals surface area contributed by atoms with Crippen LogP contribution >= 0.6 is 0 Å². The molecule has 0 bridgehead atoms. The first kappa shape index (κ1) is 28.2. The second kappa shape index (κ2) is 9.19. The molecule has 5 nitrogen and oxygen atoms in total. The predicted molar refractivity (Wildman–Crippen MR) is 137 cm³/mol. The first-order valence-electron chi connectivity index (χ1n) is 11.9. The van der Waals surface area contributed by atoms with E-state index in [0.717, 1.165) is 0 Å². The smallest absolute Gasteiger partial charge is 0.399 e. The number of aromatic nitrogens is 1. The summed E-state index contributed by atoms with van der Waals surface area (Å²) in [5.74, 6) is -0.601. The van der Waals surface area contributed by atoms with Gasteiger partial charge in [-0.05, 0) is 66.0 Å². The molecule has 1 unspecified atom stereocenters. The molecule has 2 heterocycles. The molecule has 2 aromatic rings. The third kappa shape index (κ3) is 5.81. The predicted octanol–water partition coefficient (Wildman–Crippen LogP) is 5.48. The van der Waals surface area contributed by atoms with Gasteiger partial charge in [-0.15, -0.1) is 0 Å². The summed E-state index contributed by atoms with van der Waals surface area (Å²) < 4.78 is 72.5. The Balaban J connectivity index is 2.17. The molecule has 0 saturated carbocycles. The van der Waals surface area contributed by atoms with E-state index < -0.39 is 52.3 Å². The summed E-state index contributed by atoms with van der Waals surface area (Å²) in [6.07, 6.45) is -1.23. The Morgan fingerprint density at radius 1 is 1.06 bits per heavy atom. The van der Waals surface area contributed by atoms with Gasteiger partial charge in [0.15, 0.2) is 0 Å². The Morgan fingerprint density at radius 3 is 2.06 bits per heavy atom. The van der Waals surface area contributed by atoms with Crippen molar-refractivity contribution < 1.29 is 26.7 Å². The first-order chi connectivity index (χ1) is 15.7. The van der Waals surface area contributed by atoms with Gasteiger partial charge in [0.1, 0.15) is 11.9 Å². The maximum atomic E-state index is 15.5. The summed E-state index contributed by atoms with van der Waals surface area (Å²) in [5.41, 5.74) is -0.468. The molecule has 0 amide bonds. The fourth-order valence-electron chi connectivity index (χ4n) is 3.94. The summed E-state index contributed by atoms with van der Waals surface area (Å²) in [5, 5.41) is 0.343. The van der Waals surface area contributed by atoms with Crippen molar-refractivity contribution in [1.29, 1.82) is 0 Å². The van der Waals surface area contributed by atoms with E-state index >= 15 is 4.39 Å². The van der Waals surface area contributed by atoms with Gasteiger partial charge in [-0.1, -0.05) is 20.8 Å². The van der Waals surface area contributed by atoms with E-state index in [2.05, 4.69) is 4.72 Å². The maximum absolute atomic E-state index is 15.5. The SMILES string of the molecule is CC(C)(C)Cn1cc([C@H](NS(=O)C(C)(C)C)C(F)F)c2cc(F)c(B3OC(C)(C)C(C)(C)O3)cc21. The largest absolute Gasteiger partial charge is 0.497 e. The number of nitrogens with one attached hydrogen (secondary N) is 1. The Morgan fingerprint density at radius 2 is 1.60 bits per heavy atom. The van der Waals surface area contributed by atoms with Gasteiger partial charge in [0.25, 0.3) is 6.43 Å². The molecule has 10 heteroatoms. The molecule has 1 aromatic heterocycles. The molecule has 1 aliphatic rings. The highest BCUT2D eigenvalue weighted by Gasteiger charge is 2.52. The molecular formula is C25H38BF3N2O3S. The van der Waals surface area contributed by atoms with E-state index in [9.17, 15) is 13.0 Å². The number of hydrogen-bond donors (Lipinski definition) is 1. The lowest BCUT2D eigenvalue weighted by atomic mass is 9.78. The molecule has 1 saturated heterocycles. The average molecular weight is 514 g/mol. The summed E-state index contributed by atoms with van der Waals surface area (Å²) in [6, 6.07) is 1.37. The molecule has 1 aliphatic heterocycles. The van der Waals surface area contributed by atoms with Gasteiger partial charge in [0.05, 0.1) is 26.9 Å². The van der Waals surface area contributed by atoms with Crippen LogP contribution in [0.25, 0.3) is 10.9 Å². The third-order valence-corrected chi connectivity index (χ3v) is 8.14. The summed E-state index contributed by atoms with van der Waals surface area (Å²) in [6.45, 7) is 19.3. The van der Waals surface area contributed by atoms with Crippen molar-refractivity contribution in [3.05, 3.63) is 29.7 Å². The van der Waals surface area contributed by atoms with Crippen molar-refractivity contribution >= 4 is 34.5 Å². The van der Waals surface area contributed by atoms with Crippen molar-refractivity contribution in [2.75, 3.05) is 0 Å². The number of rotatable bonds is 6. The van der Waals surface area contributed by atoms with Gasteiger partial charge < -0.3 is 13.9 Å². The molecular weight excluding hydrogens is 476 g/mol. The highest BCUT2D eigenvalue weighted by atomic mass is 32.2. The van der Waals surface area contributed by atoms with Crippen LogP contribution in [-0.4, -0.2) is 38.3 Å². The van der Waals surface area contributed by atoms with E-state index in [1.165, 1.54) is 6.07 Å². The average Bonchev–Trinajstić information content (AvgIpc) is 3.08. The lowest BCUT2D eigenvalue weighted by Gasteiger charge is -2.32. The highest BCUT2D eigenvalue weighted by Crippen LogP contribution is 2.38. The van der Waals surface area contributed by atoms with Gasteiger partial charge in [-0.3, -0.25) is 0 Å². The molecule has 1 fully saturated rings. The van der Waals surface area contributed by atoms with Gasteiger partial charge in [0.2, 0.25) is 0 Å². The van der Waals surface area contributed by atoms with Crippen LogP contribution in [0.4, 0.5) is 13.2 Å². The van der Waals surface area contributed by atoms with E-state index in [1.807, 2.05) is 53.0 Å². The molecule has 196 valence electrons. The Bertz CT molecular complexity index is 1100. The van der Waals surface area contributed by atoms with Crippen LogP contribution in [0, 0.1) is 11.2 Å². The first-order valence-corrected chi connectivity index (χ1v) is 13.0. The minimum absolute atomic E-state index is 0.176. The minimum atomic E-state index is -2.85. The van der Waals surface area contributed by atoms with Crippen molar-refractivity contribution in [3.8, 4) is 0 Å². The van der Waals surface area contributed by atoms with Crippen molar-refractivity contribution in [3.63, 3.8) is 0 Å². The topological polar surface area (TPSA) is 52.5 Å². The Hall–Kier alpha value is -1.36. The Kier molecular flexibility index (Phi) is 7.41. The lowest BCUT2D eigenvalue weighted by molar-refractivity contribution is 0.00578. The zero-order valence-corrected chi connectivity index (χ0v) is 23.2. The number of alkyl halides is 2. The second-order valence-corrected chi connectivity index (χ2v) is 14.6. The fraction of sp³-hybridized carbons (Fsp3) is 0.680. The van der Waals surface area contributed by atoms with Crippen LogP contribution in [0.1, 0.15) is 80.8 Å². The normalized spacial score (nSPS) is 20.1. The monoisotopic (exact) mass is 514 g/mol. The van der Waals surface area contributed by atoms with Crippen molar-refractivity contribution in [2.45, 2.75) is 104 Å². The van der Waals surface area contributed by atoms with E-state index in [1.54, 1.807) is 33.0 Å². The zero-order valence-electron chi connectivity index (χ0n) is 22.4. The Labute approximate surface area is 209 Å². The summed E-state index contributed by atoms with van der Waals surface area (Å²) >= 11 is 0. The van der Waals surface area contributed by atoms with Gasteiger partial charge in [-0.25, -0.2) is 22.1 Å². The van der Waals surface area contributed by atoms with E-state index in [-0.39, 0.29) is 16.4 Å². The molecule has 1 N–H and O–H groups in total. The molecule has 0 radical (unpaired) electrons. The zero-order chi connectivity index (χ0) is 26.7. The molecule has 0 spiro atoms. The van der Waals surface area contributed by atoms with Gasteiger partial charge in [-0.2, -0.15) is 0 Å². The van der Waals surface area contributed by atoms with Crippen molar-refractivity contribution in [1.82, 2.24) is 9.29 Å². The summed E-state index contributed by atoms with van der Waals surface area (Å²) in [7, 11) is -2.67. The van der Waals surface area contributed by atoms with Gasteiger partial charge in [0, 0.05) is 34.7 Å². The second-order valence-electron chi connectivity index (χ2n) is 12.6. The number of fused-ring (bicyclic) bond motifs is 1. The van der Waals surface area contributed by atoms with Crippen LogP contribution < -0.4 is 10.2 Å². The van der Waals surface area contributed by atoms with Gasteiger partial charge >= 0.3 is 7.12 Å². The number of halogens is 3. The quantitative estimate of drug-likeness (QED) is 0.520. The highest BCUT2D eigenvalue weighted by molar-refractivity contribution is 7.84. The fourth-order valence-corrected chi connectivity index (χ4v) is 4.75. The van der Waals surface area contributed by atoms with Crippen LogP contribution in [0.2, 0.25) is 0 Å².